The maximum absolute atomic E-state index is 11.3. The van der Waals surface area contributed by atoms with Gasteiger partial charge in [-0.1, -0.05) is 32.9 Å². The first-order chi connectivity index (χ1) is 9.60. The Morgan fingerprint density at radius 1 is 1.52 bits per heavy atom. The molecule has 4 heteroatoms. The number of carbonyl (C=O) groups excluding carboxylic acids is 1. The van der Waals surface area contributed by atoms with E-state index in [0.717, 1.165) is 25.5 Å². The number of hydrogen-bond acceptors (Lipinski definition) is 3. The van der Waals surface area contributed by atoms with Crippen molar-refractivity contribution in [1.82, 2.24) is 0 Å². The highest BCUT2D eigenvalue weighted by Crippen LogP contribution is 2.44. The van der Waals surface area contributed by atoms with Gasteiger partial charge in [-0.15, -0.1) is 11.8 Å². The van der Waals surface area contributed by atoms with Crippen LogP contribution in [-0.4, -0.2) is 27.4 Å². The van der Waals surface area contributed by atoms with Crippen molar-refractivity contribution in [2.75, 3.05) is 0 Å². The SMILES string of the molecule is CC1C=CCC(C)(C)C1CCC(C=O)SC(C)(C)C(=O)O. The van der Waals surface area contributed by atoms with Crippen molar-refractivity contribution in [3.05, 3.63) is 12.2 Å². The van der Waals surface area contributed by atoms with Gasteiger partial charge in [0.05, 0.1) is 5.25 Å². The molecule has 1 rings (SSSR count). The van der Waals surface area contributed by atoms with Crippen LogP contribution in [0.5, 0.6) is 0 Å². The number of carbonyl (C=O) groups is 2. The third-order valence-electron chi connectivity index (χ3n) is 4.60. The molecule has 3 unspecified atom stereocenters. The summed E-state index contributed by atoms with van der Waals surface area (Å²) in [6.45, 7) is 10.1. The highest BCUT2D eigenvalue weighted by Gasteiger charge is 2.36. The average molecular weight is 312 g/mol. The molecule has 0 aromatic heterocycles. The second-order valence-electron chi connectivity index (χ2n) is 7.27. The Labute approximate surface area is 132 Å². The number of aliphatic carboxylic acids is 1. The maximum Gasteiger partial charge on any atom is 0.319 e. The van der Waals surface area contributed by atoms with E-state index in [-0.39, 0.29) is 10.7 Å². The molecule has 0 heterocycles. The zero-order valence-corrected chi connectivity index (χ0v) is 14.6. The van der Waals surface area contributed by atoms with E-state index >= 15 is 0 Å². The summed E-state index contributed by atoms with van der Waals surface area (Å²) < 4.78 is -0.917. The van der Waals surface area contributed by atoms with Gasteiger partial charge in [-0.2, -0.15) is 0 Å². The van der Waals surface area contributed by atoms with Crippen molar-refractivity contribution in [3.63, 3.8) is 0 Å². The van der Waals surface area contributed by atoms with Crippen molar-refractivity contribution < 1.29 is 14.7 Å². The van der Waals surface area contributed by atoms with E-state index in [2.05, 4.69) is 32.9 Å². The number of aldehydes is 1. The monoisotopic (exact) mass is 312 g/mol. The summed E-state index contributed by atoms with van der Waals surface area (Å²) in [7, 11) is 0. The molecule has 1 N–H and O–H groups in total. The predicted octanol–water partition coefficient (Wildman–Crippen LogP) is 4.17. The lowest BCUT2D eigenvalue weighted by atomic mass is 9.65. The fourth-order valence-corrected chi connectivity index (χ4v) is 4.33. The number of rotatable bonds is 7. The molecule has 21 heavy (non-hydrogen) atoms. The molecular formula is C17H28O3S. The van der Waals surface area contributed by atoms with Crippen molar-refractivity contribution in [2.24, 2.45) is 17.3 Å². The smallest absolute Gasteiger partial charge is 0.319 e. The number of carboxylic acids is 1. The van der Waals surface area contributed by atoms with Gasteiger partial charge in [0, 0.05) is 0 Å². The van der Waals surface area contributed by atoms with Crippen molar-refractivity contribution in [1.29, 1.82) is 0 Å². The highest BCUT2D eigenvalue weighted by molar-refractivity contribution is 8.02. The molecule has 0 radical (unpaired) electrons. The van der Waals surface area contributed by atoms with E-state index in [0.29, 0.717) is 11.8 Å². The number of thioether (sulfide) groups is 1. The van der Waals surface area contributed by atoms with Gasteiger partial charge in [0.15, 0.2) is 0 Å². The zero-order chi connectivity index (χ0) is 16.3. The number of hydrogen-bond donors (Lipinski definition) is 1. The second-order valence-corrected chi connectivity index (χ2v) is 9.13. The Hall–Kier alpha value is -0.770. The summed E-state index contributed by atoms with van der Waals surface area (Å²) in [5.74, 6) is 0.186. The summed E-state index contributed by atoms with van der Waals surface area (Å²) in [4.78, 5) is 22.5. The van der Waals surface area contributed by atoms with Crippen LogP contribution in [0.1, 0.15) is 53.9 Å². The molecule has 0 bridgehead atoms. The summed E-state index contributed by atoms with van der Waals surface area (Å²) in [5, 5.41) is 8.94. The molecule has 1 aliphatic rings. The van der Waals surface area contributed by atoms with E-state index < -0.39 is 10.7 Å². The van der Waals surface area contributed by atoms with Crippen molar-refractivity contribution in [3.8, 4) is 0 Å². The molecule has 3 atom stereocenters. The maximum atomic E-state index is 11.3. The molecule has 0 saturated carbocycles. The molecule has 0 fully saturated rings. The second kappa shape index (κ2) is 6.99. The van der Waals surface area contributed by atoms with Gasteiger partial charge in [-0.25, -0.2) is 0 Å². The normalized spacial score (nSPS) is 26.3. The summed E-state index contributed by atoms with van der Waals surface area (Å²) >= 11 is 1.26. The summed E-state index contributed by atoms with van der Waals surface area (Å²) in [6, 6.07) is 0. The Morgan fingerprint density at radius 3 is 2.62 bits per heavy atom. The Balaban J connectivity index is 2.65. The van der Waals surface area contributed by atoms with Crippen LogP contribution in [0, 0.1) is 17.3 Å². The van der Waals surface area contributed by atoms with Gasteiger partial charge in [0.25, 0.3) is 0 Å². The average Bonchev–Trinajstić information content (AvgIpc) is 2.35. The molecular weight excluding hydrogens is 284 g/mol. The third kappa shape index (κ3) is 4.87. The first-order valence-electron chi connectivity index (χ1n) is 7.63. The van der Waals surface area contributed by atoms with E-state index in [1.807, 2.05) is 0 Å². The fourth-order valence-electron chi connectivity index (χ4n) is 3.16. The largest absolute Gasteiger partial charge is 0.480 e. The minimum atomic E-state index is -0.917. The first-order valence-corrected chi connectivity index (χ1v) is 8.51. The van der Waals surface area contributed by atoms with Crippen LogP contribution in [0.4, 0.5) is 0 Å². The van der Waals surface area contributed by atoms with E-state index in [1.165, 1.54) is 11.8 Å². The third-order valence-corrected chi connectivity index (χ3v) is 6.01. The predicted molar refractivity (Wildman–Crippen MR) is 88.6 cm³/mol. The van der Waals surface area contributed by atoms with Crippen LogP contribution < -0.4 is 0 Å². The molecule has 0 amide bonds. The van der Waals surface area contributed by atoms with Gasteiger partial charge in [-0.3, -0.25) is 4.79 Å². The number of allylic oxidation sites excluding steroid dienone is 2. The molecule has 0 aromatic rings. The van der Waals surface area contributed by atoms with Gasteiger partial charge < -0.3 is 9.90 Å². The minimum Gasteiger partial charge on any atom is -0.480 e. The minimum absolute atomic E-state index is 0.245. The molecule has 0 saturated heterocycles. The lowest BCUT2D eigenvalue weighted by molar-refractivity contribution is -0.138. The van der Waals surface area contributed by atoms with Crippen LogP contribution >= 0.6 is 11.8 Å². The van der Waals surface area contributed by atoms with E-state index in [4.69, 9.17) is 0 Å². The van der Waals surface area contributed by atoms with Crippen LogP contribution in [0.2, 0.25) is 0 Å². The lowest BCUT2D eigenvalue weighted by Gasteiger charge is -2.40. The highest BCUT2D eigenvalue weighted by atomic mass is 32.2. The topological polar surface area (TPSA) is 54.4 Å². The lowest BCUT2D eigenvalue weighted by Crippen LogP contribution is -2.33. The number of carboxylic acid groups (broad SMARTS) is 1. The first kappa shape index (κ1) is 18.3. The molecule has 0 spiro atoms. The van der Waals surface area contributed by atoms with Crippen LogP contribution in [0.15, 0.2) is 12.2 Å². The zero-order valence-electron chi connectivity index (χ0n) is 13.8. The van der Waals surface area contributed by atoms with Gasteiger partial charge >= 0.3 is 5.97 Å². The molecule has 3 nitrogen and oxygen atoms in total. The molecule has 0 aromatic carbocycles. The Morgan fingerprint density at radius 2 is 2.14 bits per heavy atom. The van der Waals surface area contributed by atoms with Crippen LogP contribution in [0.25, 0.3) is 0 Å². The van der Waals surface area contributed by atoms with E-state index in [9.17, 15) is 14.7 Å². The fraction of sp³-hybridized carbons (Fsp3) is 0.765. The van der Waals surface area contributed by atoms with Crippen molar-refractivity contribution >= 4 is 24.0 Å². The summed E-state index contributed by atoms with van der Waals surface area (Å²) in [5.41, 5.74) is 0.245. The standard InChI is InChI=1S/C17H28O3S/c1-12-7-6-10-16(2,3)14(12)9-8-13(11-18)21-17(4,5)15(19)20/h6-7,11-14H,8-10H2,1-5H3,(H,19,20). The van der Waals surface area contributed by atoms with Crippen molar-refractivity contribution in [2.45, 2.75) is 63.9 Å². The van der Waals surface area contributed by atoms with Gasteiger partial charge in [-0.05, 0) is 50.4 Å². The summed E-state index contributed by atoms with van der Waals surface area (Å²) in [6.07, 6.45) is 8.20. The quantitative estimate of drug-likeness (QED) is 0.566. The Bertz CT molecular complexity index is 412. The van der Waals surface area contributed by atoms with Gasteiger partial charge in [0.1, 0.15) is 11.0 Å². The molecule has 1 aliphatic carbocycles. The molecule has 0 aliphatic heterocycles. The van der Waals surface area contributed by atoms with Crippen LogP contribution in [-0.2, 0) is 9.59 Å². The van der Waals surface area contributed by atoms with E-state index in [1.54, 1.807) is 13.8 Å². The Kier molecular flexibility index (Phi) is 6.09. The molecule has 120 valence electrons. The van der Waals surface area contributed by atoms with Crippen LogP contribution in [0.3, 0.4) is 0 Å². The van der Waals surface area contributed by atoms with Gasteiger partial charge in [0.2, 0.25) is 0 Å².